The van der Waals surface area contributed by atoms with Gasteiger partial charge >= 0.3 is 0 Å². The van der Waals surface area contributed by atoms with Crippen molar-refractivity contribution in [1.29, 1.82) is 0 Å². The van der Waals surface area contributed by atoms with Gasteiger partial charge in [0.2, 0.25) is 0 Å². The van der Waals surface area contributed by atoms with Gasteiger partial charge in [0.05, 0.1) is 38.1 Å². The van der Waals surface area contributed by atoms with Gasteiger partial charge in [-0.25, -0.2) is 0 Å². The van der Waals surface area contributed by atoms with Crippen LogP contribution in [0.3, 0.4) is 0 Å². The minimum atomic E-state index is -1.94. The molecule has 0 aliphatic carbocycles. The Balaban J connectivity index is 1.49. The molecule has 10 unspecified atom stereocenters. The van der Waals surface area contributed by atoms with Crippen LogP contribution < -0.4 is 5.73 Å². The molecule has 5 fully saturated rings. The van der Waals surface area contributed by atoms with E-state index in [4.69, 9.17) is 53.1 Å². The molecular weight excluding hydrogens is 754 g/mol. The van der Waals surface area contributed by atoms with Crippen molar-refractivity contribution in [1.82, 2.24) is 0 Å². The maximum atomic E-state index is 11.2. The van der Waals surface area contributed by atoms with Crippen molar-refractivity contribution in [2.45, 2.75) is 167 Å². The van der Waals surface area contributed by atoms with Crippen molar-refractivity contribution < 1.29 is 114 Å². The van der Waals surface area contributed by atoms with Gasteiger partial charge in [-0.1, -0.05) is 0 Å². The largest absolute Gasteiger partial charge is 0.394 e. The molecule has 5 rings (SSSR count). The first-order chi connectivity index (χ1) is 25.9. The van der Waals surface area contributed by atoms with Crippen molar-refractivity contribution in [3.05, 3.63) is 0 Å². The van der Waals surface area contributed by atoms with Gasteiger partial charge in [-0.15, -0.1) is 0 Å². The molecule has 24 heteroatoms. The zero-order chi connectivity index (χ0) is 40.6. The van der Waals surface area contributed by atoms with Crippen molar-refractivity contribution >= 4 is 0 Å². The topological polar surface area (TPSA) is 381 Å². The average Bonchev–Trinajstić information content (AvgIpc) is 3.16. The fraction of sp³-hybridized carbons (Fsp3) is 1.00. The first-order valence-corrected chi connectivity index (χ1v) is 17.8. The van der Waals surface area contributed by atoms with Crippen LogP contribution in [0.15, 0.2) is 0 Å². The summed E-state index contributed by atoms with van der Waals surface area (Å²) in [6.07, 6.45) is -40.0. The van der Waals surface area contributed by atoms with E-state index in [2.05, 4.69) is 0 Å². The summed E-state index contributed by atoms with van der Waals surface area (Å²) in [5.41, 5.74) is 6.64. The number of hydrogen-bond donors (Lipinski definition) is 14. The van der Waals surface area contributed by atoms with Crippen LogP contribution in [0.1, 0.15) is 13.8 Å². The Morgan fingerprint density at radius 3 is 1.44 bits per heavy atom. The van der Waals surface area contributed by atoms with E-state index in [0.29, 0.717) is 0 Å². The van der Waals surface area contributed by atoms with E-state index < -0.39 is 167 Å². The number of methoxy groups -OCH3 is 1. The smallest absolute Gasteiger partial charge is 0.187 e. The highest BCUT2D eigenvalue weighted by Crippen LogP contribution is 2.36. The van der Waals surface area contributed by atoms with Crippen LogP contribution in [0.2, 0.25) is 0 Å². The minimum Gasteiger partial charge on any atom is -0.394 e. The molecule has 15 N–H and O–H groups in total. The summed E-state index contributed by atoms with van der Waals surface area (Å²) >= 11 is 0. The molecule has 0 aromatic rings. The third kappa shape index (κ3) is 9.28. The van der Waals surface area contributed by atoms with E-state index in [0.717, 1.165) is 0 Å². The molecule has 25 atom stereocenters. The lowest BCUT2D eigenvalue weighted by Crippen LogP contribution is -2.70. The molecule has 24 nitrogen and oxygen atoms in total. The van der Waals surface area contributed by atoms with Gasteiger partial charge in [0, 0.05) is 7.11 Å². The molecule has 5 aliphatic rings. The number of rotatable bonds is 12. The molecule has 0 bridgehead atoms. The fourth-order valence-electron chi connectivity index (χ4n) is 7.09. The molecular formula is C31H55NO23. The molecule has 0 aromatic heterocycles. The average molecular weight is 810 g/mol. The summed E-state index contributed by atoms with van der Waals surface area (Å²) in [4.78, 5) is 0. The quantitative estimate of drug-likeness (QED) is 0.0870. The van der Waals surface area contributed by atoms with Crippen LogP contribution in [0.5, 0.6) is 0 Å². The molecule has 0 radical (unpaired) electrons. The molecule has 5 heterocycles. The highest BCUT2D eigenvalue weighted by Gasteiger charge is 2.57. The summed E-state index contributed by atoms with van der Waals surface area (Å²) in [7, 11) is 1.26. The minimum absolute atomic E-state index is 0.386. The second-order valence-electron chi connectivity index (χ2n) is 14.3. The zero-order valence-corrected chi connectivity index (χ0v) is 30.0. The van der Waals surface area contributed by atoms with Gasteiger partial charge in [-0.2, -0.15) is 0 Å². The van der Waals surface area contributed by atoms with Gasteiger partial charge in [0.1, 0.15) is 104 Å². The van der Waals surface area contributed by atoms with Crippen molar-refractivity contribution in [3.8, 4) is 0 Å². The number of aliphatic hydroxyl groups is 13. The van der Waals surface area contributed by atoms with Crippen LogP contribution in [0.4, 0.5) is 0 Å². The van der Waals surface area contributed by atoms with E-state index in [-0.39, 0.29) is 6.61 Å². The standard InChI is InChI=1S/C31H55NO23/c1-7-13(35)17(39)20(42)29(47-7)53-24-12(32)28(54-25-16(38)10(5-34)49-27(45)22(25)44)51-11(6-46-3)23(24)52-31-26(19(41)15(37)9(4-33)50-31)55-30-21(43)18(40)14(36)8(2)48-30/h7-31,33-45H,4-6,32H2,1-3H3/t7?,8?,9?,10?,11?,12?,13-,14-,15+,16+,17?,18+,19+,20-,21?,22?,23-,24-,25+,26?,27-,28+,29+,30+,31+/m1/s1. The highest BCUT2D eigenvalue weighted by molar-refractivity contribution is 5.00. The Labute approximate surface area is 313 Å². The fourth-order valence-corrected chi connectivity index (χ4v) is 7.09. The van der Waals surface area contributed by atoms with Crippen LogP contribution in [0.25, 0.3) is 0 Å². The third-order valence-electron chi connectivity index (χ3n) is 10.5. The predicted octanol–water partition coefficient (Wildman–Crippen LogP) is -9.25. The van der Waals surface area contributed by atoms with Crippen molar-refractivity contribution in [2.75, 3.05) is 26.9 Å². The molecule has 322 valence electrons. The SMILES string of the molecule is COCC1O[C@@H](O[C@@H]2C(O)[C@H](O)OC(CO)[C@@H]2O)C(N)[C@@H](O[C@@H]2OC(C)[C@@H](O)C(O)[C@H]2O)[C@@H]1O[C@@H]1OC(CO)[C@H](O)[C@H](O)C1O[C@@H]1OC(C)[C@@H](O)[C@H](O)C1O. The maximum absolute atomic E-state index is 11.2. The van der Waals surface area contributed by atoms with Gasteiger partial charge in [-0.3, -0.25) is 0 Å². The molecule has 5 saturated heterocycles. The predicted molar refractivity (Wildman–Crippen MR) is 170 cm³/mol. The Morgan fingerprint density at radius 2 is 0.909 bits per heavy atom. The second kappa shape index (κ2) is 19.0. The lowest BCUT2D eigenvalue weighted by molar-refractivity contribution is -0.397. The van der Waals surface area contributed by atoms with Crippen LogP contribution >= 0.6 is 0 Å². The maximum Gasteiger partial charge on any atom is 0.187 e. The molecule has 55 heavy (non-hydrogen) atoms. The van der Waals surface area contributed by atoms with Gasteiger partial charge in [0.25, 0.3) is 0 Å². The molecule has 0 aromatic carbocycles. The lowest BCUT2D eigenvalue weighted by Gasteiger charge is -2.51. The number of ether oxygens (including phenoxy) is 10. The summed E-state index contributed by atoms with van der Waals surface area (Å²) < 4.78 is 57.5. The Kier molecular flexibility index (Phi) is 15.6. The molecule has 0 spiro atoms. The normalized spacial score (nSPS) is 53.9. The summed E-state index contributed by atoms with van der Waals surface area (Å²) in [5, 5.41) is 136. The van der Waals surface area contributed by atoms with Crippen molar-refractivity contribution in [2.24, 2.45) is 5.73 Å². The third-order valence-corrected chi connectivity index (χ3v) is 10.5. The van der Waals surface area contributed by atoms with Gasteiger partial charge in [0.15, 0.2) is 31.5 Å². The lowest BCUT2D eigenvalue weighted by atomic mass is 9.94. The van der Waals surface area contributed by atoms with Gasteiger partial charge < -0.3 is 119 Å². The number of nitrogens with two attached hydrogens (primary N) is 1. The molecule has 0 saturated carbocycles. The van der Waals surface area contributed by atoms with Crippen LogP contribution in [-0.4, -0.2) is 247 Å². The van der Waals surface area contributed by atoms with Crippen LogP contribution in [-0.2, 0) is 47.4 Å². The summed E-state index contributed by atoms with van der Waals surface area (Å²) in [6, 6.07) is -1.59. The number of aliphatic hydroxyl groups excluding tert-OH is 13. The van der Waals surface area contributed by atoms with E-state index in [1.807, 2.05) is 0 Å². The first kappa shape index (κ1) is 45.1. The van der Waals surface area contributed by atoms with Crippen molar-refractivity contribution in [3.63, 3.8) is 0 Å². The van der Waals surface area contributed by atoms with E-state index in [1.165, 1.54) is 21.0 Å². The van der Waals surface area contributed by atoms with E-state index >= 15 is 0 Å². The Bertz CT molecular complexity index is 1200. The Morgan fingerprint density at radius 1 is 0.436 bits per heavy atom. The molecule has 5 aliphatic heterocycles. The summed E-state index contributed by atoms with van der Waals surface area (Å²) in [6.45, 7) is 0.711. The highest BCUT2D eigenvalue weighted by atomic mass is 16.8. The second-order valence-corrected chi connectivity index (χ2v) is 14.3. The van der Waals surface area contributed by atoms with Gasteiger partial charge in [-0.05, 0) is 13.8 Å². The summed E-state index contributed by atoms with van der Waals surface area (Å²) in [5.74, 6) is 0. The number of hydrogen-bond acceptors (Lipinski definition) is 24. The first-order valence-electron chi connectivity index (χ1n) is 17.8. The van der Waals surface area contributed by atoms with Crippen LogP contribution in [0, 0.1) is 0 Å². The monoisotopic (exact) mass is 809 g/mol. The van der Waals surface area contributed by atoms with E-state index in [9.17, 15) is 66.4 Å². The molecule has 0 amide bonds. The van der Waals surface area contributed by atoms with E-state index in [1.54, 1.807) is 0 Å². The zero-order valence-electron chi connectivity index (χ0n) is 30.0. The Hall–Kier alpha value is -0.960.